The first-order chi connectivity index (χ1) is 13.2. The summed E-state index contributed by atoms with van der Waals surface area (Å²) in [6.07, 6.45) is -5.74. The van der Waals surface area contributed by atoms with E-state index in [-0.39, 0.29) is 10.8 Å². The molecule has 3 rings (SSSR count). The van der Waals surface area contributed by atoms with Crippen molar-refractivity contribution in [1.29, 1.82) is 0 Å². The second kappa shape index (κ2) is 8.24. The predicted octanol–water partition coefficient (Wildman–Crippen LogP) is 7.40. The molecule has 0 heterocycles. The van der Waals surface area contributed by atoms with Gasteiger partial charge >= 0.3 is 12.3 Å². The van der Waals surface area contributed by atoms with E-state index in [1.807, 2.05) is 36.4 Å². The Morgan fingerprint density at radius 2 is 1.68 bits per heavy atom. The van der Waals surface area contributed by atoms with Crippen LogP contribution in [-0.4, -0.2) is 6.09 Å². The minimum Gasteiger partial charge on any atom is -0.409 e. The standard InChI is InChI=1S/C20H12BrClF3NO2/c21-16-8-6-13(12-4-2-1-3-5-12)10-18(16)28-19(27)26-17-9-7-14(22)11-15(17)20(23,24)25/h1-11H,(H,26,27). The zero-order valence-corrected chi connectivity index (χ0v) is 16.4. The maximum absolute atomic E-state index is 13.2. The predicted molar refractivity (Wildman–Crippen MR) is 106 cm³/mol. The highest BCUT2D eigenvalue weighted by Gasteiger charge is 2.34. The lowest BCUT2D eigenvalue weighted by atomic mass is 10.1. The van der Waals surface area contributed by atoms with Gasteiger partial charge in [0.1, 0.15) is 5.75 Å². The summed E-state index contributed by atoms with van der Waals surface area (Å²) in [4.78, 5) is 12.2. The Morgan fingerprint density at radius 1 is 0.964 bits per heavy atom. The first kappa shape index (κ1) is 20.2. The van der Waals surface area contributed by atoms with E-state index < -0.39 is 23.5 Å². The van der Waals surface area contributed by atoms with Gasteiger partial charge in [0, 0.05) is 5.02 Å². The monoisotopic (exact) mass is 469 g/mol. The molecule has 0 bridgehead atoms. The first-order valence-electron chi connectivity index (χ1n) is 7.94. The van der Waals surface area contributed by atoms with Crippen molar-refractivity contribution in [2.24, 2.45) is 0 Å². The molecule has 3 aromatic rings. The summed E-state index contributed by atoms with van der Waals surface area (Å²) in [5.41, 5.74) is 0.178. The number of alkyl halides is 3. The minimum absolute atomic E-state index is 0.0930. The fourth-order valence-corrected chi connectivity index (χ4v) is 2.99. The first-order valence-corrected chi connectivity index (χ1v) is 9.11. The van der Waals surface area contributed by atoms with Gasteiger partial charge in [-0.25, -0.2) is 4.79 Å². The third kappa shape index (κ3) is 4.85. The Hall–Kier alpha value is -2.51. The Balaban J connectivity index is 1.83. The second-order valence-electron chi connectivity index (χ2n) is 5.71. The van der Waals surface area contributed by atoms with E-state index in [0.717, 1.165) is 23.3 Å². The molecule has 0 saturated carbocycles. The number of nitrogens with one attached hydrogen (secondary N) is 1. The summed E-state index contributed by atoms with van der Waals surface area (Å²) in [5, 5.41) is 2.03. The van der Waals surface area contributed by atoms with Crippen LogP contribution < -0.4 is 10.1 Å². The highest BCUT2D eigenvalue weighted by atomic mass is 79.9. The van der Waals surface area contributed by atoms with Crippen LogP contribution in [0.15, 0.2) is 71.2 Å². The quantitative estimate of drug-likeness (QED) is 0.433. The lowest BCUT2D eigenvalue weighted by molar-refractivity contribution is -0.136. The average molecular weight is 471 g/mol. The van der Waals surface area contributed by atoms with Crippen molar-refractivity contribution >= 4 is 39.3 Å². The summed E-state index contributed by atoms with van der Waals surface area (Å²) in [6.45, 7) is 0. The maximum atomic E-state index is 13.2. The van der Waals surface area contributed by atoms with Crippen molar-refractivity contribution in [3.05, 3.63) is 81.8 Å². The number of hydrogen-bond acceptors (Lipinski definition) is 2. The molecule has 0 aliphatic heterocycles. The molecule has 0 unspecified atom stereocenters. The number of hydrogen-bond donors (Lipinski definition) is 1. The Morgan fingerprint density at radius 3 is 2.36 bits per heavy atom. The molecule has 0 aromatic heterocycles. The van der Waals surface area contributed by atoms with Gasteiger partial charge in [0.15, 0.2) is 0 Å². The van der Waals surface area contributed by atoms with Gasteiger partial charge in [0.25, 0.3) is 0 Å². The van der Waals surface area contributed by atoms with Gasteiger partial charge in [-0.15, -0.1) is 0 Å². The molecule has 0 fully saturated rings. The molecule has 1 amide bonds. The molecule has 0 radical (unpaired) electrons. The van der Waals surface area contributed by atoms with E-state index in [4.69, 9.17) is 16.3 Å². The van der Waals surface area contributed by atoms with Gasteiger partial charge in [-0.1, -0.05) is 48.0 Å². The van der Waals surface area contributed by atoms with Gasteiger partial charge in [0.2, 0.25) is 0 Å². The Labute approximate surface area is 172 Å². The van der Waals surface area contributed by atoms with E-state index in [2.05, 4.69) is 21.2 Å². The molecule has 0 atom stereocenters. The van der Waals surface area contributed by atoms with Gasteiger partial charge in [-0.05, 0) is 57.4 Å². The van der Waals surface area contributed by atoms with Crippen LogP contribution in [0.5, 0.6) is 5.75 Å². The number of carbonyl (C=O) groups excluding carboxylic acids is 1. The Kier molecular flexibility index (Phi) is 5.96. The molecule has 0 saturated heterocycles. The summed E-state index contributed by atoms with van der Waals surface area (Å²) >= 11 is 8.91. The zero-order valence-electron chi connectivity index (χ0n) is 14.1. The van der Waals surface area contributed by atoms with Crippen molar-refractivity contribution < 1.29 is 22.7 Å². The van der Waals surface area contributed by atoms with Crippen LogP contribution in [-0.2, 0) is 6.18 Å². The Bertz CT molecular complexity index is 1010. The molecular formula is C20H12BrClF3NO2. The van der Waals surface area contributed by atoms with Crippen molar-refractivity contribution in [3.63, 3.8) is 0 Å². The summed E-state index contributed by atoms with van der Waals surface area (Å²) < 4.78 is 45.1. The number of carbonyl (C=O) groups is 1. The number of halogens is 5. The molecule has 28 heavy (non-hydrogen) atoms. The summed E-state index contributed by atoms with van der Waals surface area (Å²) in [7, 11) is 0. The van der Waals surface area contributed by atoms with Crippen LogP contribution in [0.3, 0.4) is 0 Å². The van der Waals surface area contributed by atoms with E-state index in [1.54, 1.807) is 12.1 Å². The highest BCUT2D eigenvalue weighted by molar-refractivity contribution is 9.10. The second-order valence-corrected chi connectivity index (χ2v) is 7.00. The SMILES string of the molecule is O=C(Nc1ccc(Cl)cc1C(F)(F)F)Oc1cc(-c2ccccc2)ccc1Br. The van der Waals surface area contributed by atoms with Crippen LogP contribution in [0.1, 0.15) is 5.56 Å². The van der Waals surface area contributed by atoms with Gasteiger partial charge < -0.3 is 4.74 Å². The summed E-state index contributed by atoms with van der Waals surface area (Å²) in [6, 6.07) is 17.6. The molecule has 0 aliphatic carbocycles. The average Bonchev–Trinajstić information content (AvgIpc) is 2.65. The van der Waals surface area contributed by atoms with Crippen LogP contribution in [0.25, 0.3) is 11.1 Å². The van der Waals surface area contributed by atoms with Crippen molar-refractivity contribution in [3.8, 4) is 16.9 Å². The molecule has 0 aliphatic rings. The fraction of sp³-hybridized carbons (Fsp3) is 0.0500. The largest absolute Gasteiger partial charge is 0.418 e. The number of anilines is 1. The van der Waals surface area contributed by atoms with E-state index in [9.17, 15) is 18.0 Å². The molecule has 3 aromatic carbocycles. The van der Waals surface area contributed by atoms with Crippen LogP contribution in [0.4, 0.5) is 23.7 Å². The zero-order chi connectivity index (χ0) is 20.3. The normalized spacial score (nSPS) is 11.2. The number of ether oxygens (including phenoxy) is 1. The lowest BCUT2D eigenvalue weighted by Gasteiger charge is -2.15. The smallest absolute Gasteiger partial charge is 0.409 e. The topological polar surface area (TPSA) is 38.3 Å². The van der Waals surface area contributed by atoms with Gasteiger partial charge in [-0.2, -0.15) is 13.2 Å². The van der Waals surface area contributed by atoms with Crippen LogP contribution in [0.2, 0.25) is 5.02 Å². The summed E-state index contributed by atoms with van der Waals surface area (Å²) in [5.74, 6) is 0.168. The minimum atomic E-state index is -4.68. The van der Waals surface area contributed by atoms with Crippen molar-refractivity contribution in [1.82, 2.24) is 0 Å². The van der Waals surface area contributed by atoms with Crippen LogP contribution >= 0.6 is 27.5 Å². The maximum Gasteiger partial charge on any atom is 0.418 e. The van der Waals surface area contributed by atoms with Crippen LogP contribution in [0, 0.1) is 0 Å². The van der Waals surface area contributed by atoms with Gasteiger partial charge in [-0.3, -0.25) is 5.32 Å². The molecular weight excluding hydrogens is 459 g/mol. The molecule has 0 spiro atoms. The molecule has 3 nitrogen and oxygen atoms in total. The third-order valence-electron chi connectivity index (χ3n) is 3.76. The molecule has 1 N–H and O–H groups in total. The number of benzene rings is 3. The van der Waals surface area contributed by atoms with Crippen molar-refractivity contribution in [2.75, 3.05) is 5.32 Å². The van der Waals surface area contributed by atoms with Gasteiger partial charge in [0.05, 0.1) is 15.7 Å². The van der Waals surface area contributed by atoms with E-state index in [0.29, 0.717) is 4.47 Å². The number of rotatable bonds is 3. The fourth-order valence-electron chi connectivity index (χ4n) is 2.49. The van der Waals surface area contributed by atoms with E-state index >= 15 is 0 Å². The number of amides is 1. The molecule has 8 heteroatoms. The lowest BCUT2D eigenvalue weighted by Crippen LogP contribution is -2.20. The third-order valence-corrected chi connectivity index (χ3v) is 4.65. The van der Waals surface area contributed by atoms with E-state index in [1.165, 1.54) is 6.07 Å². The highest BCUT2D eigenvalue weighted by Crippen LogP contribution is 2.37. The van der Waals surface area contributed by atoms with Crippen molar-refractivity contribution in [2.45, 2.75) is 6.18 Å². The molecule has 144 valence electrons.